The van der Waals surface area contributed by atoms with E-state index in [0.29, 0.717) is 0 Å². The molecule has 2 N–H and O–H groups in total. The van der Waals surface area contributed by atoms with Crippen LogP contribution < -0.4 is 10.6 Å². The zero-order valence-corrected chi connectivity index (χ0v) is 18.8. The molecule has 1 aromatic carbocycles. The number of rotatable bonds is 4. The fourth-order valence-corrected chi connectivity index (χ4v) is 6.33. The Morgan fingerprint density at radius 1 is 1.03 bits per heavy atom. The Morgan fingerprint density at radius 3 is 2.52 bits per heavy atom. The number of amides is 1. The first-order valence-electron chi connectivity index (χ1n) is 11.2. The van der Waals surface area contributed by atoms with E-state index < -0.39 is 0 Å². The second-order valence-corrected chi connectivity index (χ2v) is 9.66. The van der Waals surface area contributed by atoms with Gasteiger partial charge in [0.25, 0.3) is 0 Å². The first-order valence-corrected chi connectivity index (χ1v) is 12.1. The summed E-state index contributed by atoms with van der Waals surface area (Å²) in [6.07, 6.45) is 6.12. The number of carbonyl (C=O) groups excluding carboxylic acids is 1. The summed E-state index contributed by atoms with van der Waals surface area (Å²) in [5.74, 6) is 1.63. The van der Waals surface area contributed by atoms with Crippen LogP contribution in [0.15, 0.2) is 30.3 Å². The molecule has 3 aromatic rings. The highest BCUT2D eigenvalue weighted by Crippen LogP contribution is 2.39. The zero-order chi connectivity index (χ0) is 21.4. The van der Waals surface area contributed by atoms with Crippen molar-refractivity contribution in [3.8, 4) is 0 Å². The van der Waals surface area contributed by atoms with Gasteiger partial charge < -0.3 is 10.6 Å². The first kappa shape index (κ1) is 20.4. The van der Waals surface area contributed by atoms with Crippen LogP contribution in [0.1, 0.15) is 47.1 Å². The summed E-state index contributed by atoms with van der Waals surface area (Å²) in [4.78, 5) is 29.2. The fraction of sp³-hybridized carbons (Fsp3) is 0.458. The SMILES string of the molecule is Cc1nc(N2CCN([C@@H](C(N)=O)c3ccccc3)CC2)c2c3c(sc2n1)CCCCC3. The topological polar surface area (TPSA) is 75.3 Å². The van der Waals surface area contributed by atoms with Gasteiger partial charge in [-0.25, -0.2) is 9.97 Å². The highest BCUT2D eigenvalue weighted by molar-refractivity contribution is 7.19. The van der Waals surface area contributed by atoms with Crippen LogP contribution in [0.4, 0.5) is 5.82 Å². The third kappa shape index (κ3) is 3.92. The molecule has 31 heavy (non-hydrogen) atoms. The van der Waals surface area contributed by atoms with Crippen LogP contribution >= 0.6 is 11.3 Å². The molecule has 1 atom stereocenters. The van der Waals surface area contributed by atoms with Crippen molar-refractivity contribution < 1.29 is 4.79 Å². The van der Waals surface area contributed by atoms with Crippen molar-refractivity contribution in [2.24, 2.45) is 5.73 Å². The predicted molar refractivity (Wildman–Crippen MR) is 126 cm³/mol. The Labute approximate surface area is 187 Å². The van der Waals surface area contributed by atoms with Crippen LogP contribution in [-0.4, -0.2) is 47.0 Å². The van der Waals surface area contributed by atoms with Crippen molar-refractivity contribution in [3.63, 3.8) is 0 Å². The number of nitrogens with zero attached hydrogens (tertiary/aromatic N) is 4. The summed E-state index contributed by atoms with van der Waals surface area (Å²) in [7, 11) is 0. The minimum absolute atomic E-state index is 0.289. The highest BCUT2D eigenvalue weighted by atomic mass is 32.1. The summed E-state index contributed by atoms with van der Waals surface area (Å²) < 4.78 is 0. The van der Waals surface area contributed by atoms with E-state index in [1.165, 1.54) is 41.5 Å². The van der Waals surface area contributed by atoms with Gasteiger partial charge in [0.15, 0.2) is 0 Å². The van der Waals surface area contributed by atoms with Crippen LogP contribution in [0.2, 0.25) is 0 Å². The van der Waals surface area contributed by atoms with E-state index in [9.17, 15) is 4.79 Å². The van der Waals surface area contributed by atoms with Gasteiger partial charge in [-0.2, -0.15) is 0 Å². The summed E-state index contributed by atoms with van der Waals surface area (Å²) in [6.45, 7) is 5.20. The van der Waals surface area contributed by atoms with E-state index >= 15 is 0 Å². The van der Waals surface area contributed by atoms with E-state index in [4.69, 9.17) is 15.7 Å². The van der Waals surface area contributed by atoms with Crippen LogP contribution in [0.25, 0.3) is 10.2 Å². The largest absolute Gasteiger partial charge is 0.368 e. The van der Waals surface area contributed by atoms with E-state index in [-0.39, 0.29) is 11.9 Å². The second kappa shape index (κ2) is 8.55. The van der Waals surface area contributed by atoms with Crippen molar-refractivity contribution in [1.29, 1.82) is 0 Å². The summed E-state index contributed by atoms with van der Waals surface area (Å²) in [5.41, 5.74) is 8.25. The standard InChI is InChI=1S/C24H29N5OS/c1-16-26-23(20-18-10-6-3-7-11-19(18)31-24(20)27-16)29-14-12-28(13-15-29)21(22(25)30)17-8-4-2-5-9-17/h2,4-5,8-9,21H,3,6-7,10-15H2,1H3,(H2,25,30)/t21-/m1/s1. The maximum absolute atomic E-state index is 12.3. The maximum Gasteiger partial charge on any atom is 0.239 e. The highest BCUT2D eigenvalue weighted by Gasteiger charge is 2.31. The van der Waals surface area contributed by atoms with Gasteiger partial charge in [0.2, 0.25) is 5.91 Å². The van der Waals surface area contributed by atoms with E-state index in [1.807, 2.05) is 48.6 Å². The van der Waals surface area contributed by atoms with Crippen LogP contribution in [0.3, 0.4) is 0 Å². The number of thiophene rings is 1. The molecule has 0 saturated carbocycles. The number of piperazine rings is 1. The molecular weight excluding hydrogens is 406 g/mol. The van der Waals surface area contributed by atoms with Gasteiger partial charge in [0, 0.05) is 31.1 Å². The molecule has 2 aliphatic rings. The molecule has 0 bridgehead atoms. The molecule has 2 aromatic heterocycles. The monoisotopic (exact) mass is 435 g/mol. The molecule has 1 amide bonds. The Morgan fingerprint density at radius 2 is 1.77 bits per heavy atom. The van der Waals surface area contributed by atoms with Crippen molar-refractivity contribution in [2.75, 3.05) is 31.1 Å². The number of primary amides is 1. The molecule has 5 rings (SSSR count). The molecule has 0 unspecified atom stereocenters. The van der Waals surface area contributed by atoms with Crippen LogP contribution in [0, 0.1) is 6.92 Å². The molecule has 1 aliphatic heterocycles. The summed E-state index contributed by atoms with van der Waals surface area (Å²) in [5, 5.41) is 1.27. The Hall–Kier alpha value is -2.51. The normalized spacial score (nSPS) is 18.5. The first-order chi connectivity index (χ1) is 15.1. The number of benzene rings is 1. The minimum atomic E-state index is -0.382. The van der Waals surface area contributed by atoms with Crippen LogP contribution in [0.5, 0.6) is 0 Å². The average molecular weight is 436 g/mol. The molecule has 7 heteroatoms. The number of carbonyl (C=O) groups is 1. The molecule has 1 aliphatic carbocycles. The van der Waals surface area contributed by atoms with Gasteiger partial charge in [-0.3, -0.25) is 9.69 Å². The number of aryl methyl sites for hydroxylation is 3. The number of hydrogen-bond donors (Lipinski definition) is 1. The molecule has 6 nitrogen and oxygen atoms in total. The molecular formula is C24H29N5OS. The summed E-state index contributed by atoms with van der Waals surface area (Å²) in [6, 6.07) is 9.48. The number of anilines is 1. The molecule has 162 valence electrons. The van der Waals surface area contributed by atoms with E-state index in [0.717, 1.165) is 54.6 Å². The van der Waals surface area contributed by atoms with E-state index in [1.54, 1.807) is 0 Å². The molecule has 0 radical (unpaired) electrons. The van der Waals surface area contributed by atoms with Crippen molar-refractivity contribution in [3.05, 3.63) is 52.2 Å². The van der Waals surface area contributed by atoms with E-state index in [2.05, 4.69) is 9.80 Å². The fourth-order valence-electron chi connectivity index (χ4n) is 5.03. The third-order valence-corrected chi connectivity index (χ3v) is 7.71. The van der Waals surface area contributed by atoms with Gasteiger partial charge in [0.1, 0.15) is 22.5 Å². The van der Waals surface area contributed by atoms with Crippen molar-refractivity contribution in [2.45, 2.75) is 45.1 Å². The summed E-state index contributed by atoms with van der Waals surface area (Å²) >= 11 is 1.86. The van der Waals surface area contributed by atoms with Gasteiger partial charge in [-0.15, -0.1) is 11.3 Å². The molecule has 1 saturated heterocycles. The van der Waals surface area contributed by atoms with Gasteiger partial charge in [0.05, 0.1) is 5.39 Å². The van der Waals surface area contributed by atoms with Crippen LogP contribution in [-0.2, 0) is 17.6 Å². The average Bonchev–Trinajstić information content (AvgIpc) is 2.95. The lowest BCUT2D eigenvalue weighted by Crippen LogP contribution is -2.50. The predicted octanol–water partition coefficient (Wildman–Crippen LogP) is 3.62. The van der Waals surface area contributed by atoms with Gasteiger partial charge in [-0.1, -0.05) is 36.8 Å². The third-order valence-electron chi connectivity index (χ3n) is 6.52. The lowest BCUT2D eigenvalue weighted by atomic mass is 10.0. The van der Waals surface area contributed by atoms with Crippen molar-refractivity contribution in [1.82, 2.24) is 14.9 Å². The van der Waals surface area contributed by atoms with Crippen molar-refractivity contribution >= 4 is 33.3 Å². The number of hydrogen-bond acceptors (Lipinski definition) is 6. The second-order valence-electron chi connectivity index (χ2n) is 8.58. The molecule has 1 fully saturated rings. The Balaban J connectivity index is 1.43. The number of fused-ring (bicyclic) bond motifs is 3. The quantitative estimate of drug-likeness (QED) is 0.634. The maximum atomic E-state index is 12.3. The Bertz CT molecular complexity index is 1090. The number of nitrogens with two attached hydrogens (primary N) is 1. The zero-order valence-electron chi connectivity index (χ0n) is 18.0. The van der Waals surface area contributed by atoms with Gasteiger partial charge >= 0.3 is 0 Å². The lowest BCUT2D eigenvalue weighted by molar-refractivity contribution is -0.123. The smallest absolute Gasteiger partial charge is 0.239 e. The molecule has 0 spiro atoms. The lowest BCUT2D eigenvalue weighted by Gasteiger charge is -2.39. The minimum Gasteiger partial charge on any atom is -0.368 e. The van der Waals surface area contributed by atoms with Gasteiger partial charge in [-0.05, 0) is 43.7 Å². The Kier molecular flexibility index (Phi) is 5.63. The molecule has 3 heterocycles. The number of aromatic nitrogens is 2.